The van der Waals surface area contributed by atoms with Gasteiger partial charge in [-0.05, 0) is 24.8 Å². The van der Waals surface area contributed by atoms with Crippen LogP contribution in [0, 0.1) is 10.1 Å². The summed E-state index contributed by atoms with van der Waals surface area (Å²) in [6.45, 7) is 2.28. The predicted octanol–water partition coefficient (Wildman–Crippen LogP) is 2.51. The lowest BCUT2D eigenvalue weighted by Crippen LogP contribution is -2.40. The molecule has 1 aliphatic heterocycles. The van der Waals surface area contributed by atoms with Gasteiger partial charge < -0.3 is 10.6 Å². The van der Waals surface area contributed by atoms with Crippen molar-refractivity contribution in [2.45, 2.75) is 25.8 Å². The van der Waals surface area contributed by atoms with Gasteiger partial charge in [0.25, 0.3) is 5.69 Å². The van der Waals surface area contributed by atoms with Crippen LogP contribution in [-0.2, 0) is 6.54 Å². The fraction of sp³-hybridized carbons (Fsp3) is 0.462. The molecule has 1 aromatic carbocycles. The van der Waals surface area contributed by atoms with Crippen molar-refractivity contribution in [2.24, 2.45) is 10.7 Å². The third-order valence-corrected chi connectivity index (χ3v) is 3.23. The monoisotopic (exact) mass is 390 g/mol. The molecular weight excluding hydrogens is 371 g/mol. The normalized spacial score (nSPS) is 15.6. The van der Waals surface area contributed by atoms with Crippen LogP contribution >= 0.6 is 24.0 Å². The van der Waals surface area contributed by atoms with Gasteiger partial charge in [0.05, 0.1) is 11.5 Å². The molecule has 1 saturated heterocycles. The Balaban J connectivity index is 0.00000200. The van der Waals surface area contributed by atoms with Crippen molar-refractivity contribution in [3.8, 4) is 0 Å². The van der Waals surface area contributed by atoms with Gasteiger partial charge in [0.2, 0.25) is 0 Å². The van der Waals surface area contributed by atoms with Gasteiger partial charge in [0.15, 0.2) is 5.96 Å². The average molecular weight is 390 g/mol. The van der Waals surface area contributed by atoms with Crippen LogP contribution in [0.15, 0.2) is 29.3 Å². The topological polar surface area (TPSA) is 84.8 Å². The van der Waals surface area contributed by atoms with E-state index in [1.54, 1.807) is 6.07 Å². The van der Waals surface area contributed by atoms with Gasteiger partial charge in [-0.1, -0.05) is 12.1 Å². The molecule has 0 radical (unpaired) electrons. The number of likely N-dealkylation sites (tertiary alicyclic amines) is 1. The van der Waals surface area contributed by atoms with E-state index in [1.807, 2.05) is 6.07 Å². The van der Waals surface area contributed by atoms with Crippen LogP contribution in [-0.4, -0.2) is 28.9 Å². The Morgan fingerprint density at radius 2 is 2.05 bits per heavy atom. The van der Waals surface area contributed by atoms with Gasteiger partial charge in [-0.25, -0.2) is 4.99 Å². The fourth-order valence-corrected chi connectivity index (χ4v) is 2.16. The summed E-state index contributed by atoms with van der Waals surface area (Å²) in [6.07, 6.45) is 3.54. The first-order chi connectivity index (χ1) is 9.16. The van der Waals surface area contributed by atoms with Crippen LogP contribution in [0.3, 0.4) is 0 Å². The summed E-state index contributed by atoms with van der Waals surface area (Å²) >= 11 is 0. The molecule has 0 spiro atoms. The van der Waals surface area contributed by atoms with Gasteiger partial charge in [-0.2, -0.15) is 0 Å². The van der Waals surface area contributed by atoms with Crippen molar-refractivity contribution < 1.29 is 4.92 Å². The van der Waals surface area contributed by atoms with E-state index < -0.39 is 4.92 Å². The highest BCUT2D eigenvalue weighted by molar-refractivity contribution is 14.0. The molecule has 20 heavy (non-hydrogen) atoms. The lowest BCUT2D eigenvalue weighted by Gasteiger charge is -2.27. The van der Waals surface area contributed by atoms with Gasteiger partial charge in [-0.15, -0.1) is 24.0 Å². The Morgan fingerprint density at radius 1 is 1.35 bits per heavy atom. The fourth-order valence-electron chi connectivity index (χ4n) is 2.16. The summed E-state index contributed by atoms with van der Waals surface area (Å²) in [5.74, 6) is 0.534. The Morgan fingerprint density at radius 3 is 2.70 bits per heavy atom. The summed E-state index contributed by atoms with van der Waals surface area (Å²) in [4.78, 5) is 16.7. The highest BCUT2D eigenvalue weighted by Crippen LogP contribution is 2.14. The van der Waals surface area contributed by atoms with Crippen LogP contribution in [0.4, 0.5) is 5.69 Å². The molecule has 0 aromatic heterocycles. The van der Waals surface area contributed by atoms with Crippen molar-refractivity contribution in [2.75, 3.05) is 13.1 Å². The first-order valence-corrected chi connectivity index (χ1v) is 6.45. The number of aliphatic imine (C=N–C) groups is 1. The zero-order chi connectivity index (χ0) is 13.7. The highest BCUT2D eigenvalue weighted by atomic mass is 127. The molecule has 0 aliphatic carbocycles. The van der Waals surface area contributed by atoms with E-state index >= 15 is 0 Å². The van der Waals surface area contributed by atoms with Gasteiger partial charge in [0.1, 0.15) is 0 Å². The Kier molecular flexibility index (Phi) is 6.69. The van der Waals surface area contributed by atoms with Gasteiger partial charge in [0, 0.05) is 25.2 Å². The predicted molar refractivity (Wildman–Crippen MR) is 89.3 cm³/mol. The Labute approximate surface area is 135 Å². The number of hydrogen-bond acceptors (Lipinski definition) is 3. The summed E-state index contributed by atoms with van der Waals surface area (Å²) in [7, 11) is 0. The van der Waals surface area contributed by atoms with Crippen molar-refractivity contribution in [1.82, 2.24) is 4.90 Å². The van der Waals surface area contributed by atoms with E-state index in [2.05, 4.69) is 9.89 Å². The van der Waals surface area contributed by atoms with E-state index in [-0.39, 0.29) is 29.7 Å². The molecule has 2 N–H and O–H groups in total. The highest BCUT2D eigenvalue weighted by Gasteiger charge is 2.12. The summed E-state index contributed by atoms with van der Waals surface area (Å²) in [5, 5.41) is 10.7. The molecule has 1 aliphatic rings. The van der Waals surface area contributed by atoms with Crippen molar-refractivity contribution in [3.05, 3.63) is 39.9 Å². The second-order valence-corrected chi connectivity index (χ2v) is 4.65. The number of nitrogens with zero attached hydrogens (tertiary/aromatic N) is 3. The van der Waals surface area contributed by atoms with Crippen LogP contribution < -0.4 is 5.73 Å². The van der Waals surface area contributed by atoms with Crippen LogP contribution in [0.1, 0.15) is 24.8 Å². The molecule has 110 valence electrons. The smallest absolute Gasteiger partial charge is 0.269 e. The first-order valence-electron chi connectivity index (χ1n) is 6.45. The number of guanidine groups is 1. The number of hydrogen-bond donors (Lipinski definition) is 1. The molecule has 7 heteroatoms. The van der Waals surface area contributed by atoms with Crippen molar-refractivity contribution in [3.63, 3.8) is 0 Å². The standard InChI is InChI=1S/C13H18N4O2.HI/c14-13(16-7-2-1-3-8-16)15-10-11-5-4-6-12(9-11)17(18)19;/h4-6,9H,1-3,7-8,10H2,(H2,14,15);1H. The van der Waals surface area contributed by atoms with Gasteiger partial charge in [-0.3, -0.25) is 10.1 Å². The minimum Gasteiger partial charge on any atom is -0.370 e. The molecule has 2 rings (SSSR count). The maximum atomic E-state index is 10.7. The number of halogens is 1. The Bertz CT molecular complexity index is 487. The molecule has 0 unspecified atom stereocenters. The first kappa shape index (κ1) is 16.7. The maximum absolute atomic E-state index is 10.7. The van der Waals surface area contributed by atoms with E-state index in [0.29, 0.717) is 12.5 Å². The minimum absolute atomic E-state index is 0. The number of benzene rings is 1. The lowest BCUT2D eigenvalue weighted by molar-refractivity contribution is -0.384. The van der Waals surface area contributed by atoms with Crippen LogP contribution in [0.25, 0.3) is 0 Å². The second-order valence-electron chi connectivity index (χ2n) is 4.65. The van der Waals surface area contributed by atoms with E-state index in [9.17, 15) is 10.1 Å². The van der Waals surface area contributed by atoms with E-state index in [4.69, 9.17) is 5.73 Å². The van der Waals surface area contributed by atoms with Crippen molar-refractivity contribution in [1.29, 1.82) is 0 Å². The number of nitro benzene ring substituents is 1. The van der Waals surface area contributed by atoms with Gasteiger partial charge >= 0.3 is 0 Å². The quantitative estimate of drug-likeness (QED) is 0.283. The second kappa shape index (κ2) is 8.03. The third-order valence-electron chi connectivity index (χ3n) is 3.23. The molecule has 1 heterocycles. The lowest BCUT2D eigenvalue weighted by atomic mass is 10.1. The summed E-state index contributed by atoms with van der Waals surface area (Å²) in [5.41, 5.74) is 6.82. The molecule has 0 saturated carbocycles. The number of nitrogens with two attached hydrogens (primary N) is 1. The number of rotatable bonds is 3. The number of non-ortho nitro benzene ring substituents is 1. The largest absolute Gasteiger partial charge is 0.370 e. The van der Waals surface area contributed by atoms with Crippen LogP contribution in [0.2, 0.25) is 0 Å². The Hall–Kier alpha value is -1.38. The molecule has 1 aromatic rings. The van der Waals surface area contributed by atoms with E-state index in [1.165, 1.54) is 18.6 Å². The zero-order valence-corrected chi connectivity index (χ0v) is 13.5. The molecule has 6 nitrogen and oxygen atoms in total. The minimum atomic E-state index is -0.402. The zero-order valence-electron chi connectivity index (χ0n) is 11.2. The molecule has 0 bridgehead atoms. The molecule has 0 atom stereocenters. The number of nitro groups is 1. The molecular formula is C13H19IN4O2. The average Bonchev–Trinajstić information content (AvgIpc) is 2.46. The summed E-state index contributed by atoms with van der Waals surface area (Å²) in [6, 6.07) is 6.49. The third kappa shape index (κ3) is 4.62. The van der Waals surface area contributed by atoms with Crippen molar-refractivity contribution >= 4 is 35.6 Å². The van der Waals surface area contributed by atoms with Crippen LogP contribution in [0.5, 0.6) is 0 Å². The van der Waals surface area contributed by atoms with E-state index in [0.717, 1.165) is 31.5 Å². The summed E-state index contributed by atoms with van der Waals surface area (Å²) < 4.78 is 0. The maximum Gasteiger partial charge on any atom is 0.269 e. The number of piperidine rings is 1. The molecule has 0 amide bonds. The molecule has 1 fully saturated rings. The SMILES string of the molecule is I.NC(=NCc1cccc([N+](=O)[O-])c1)N1CCCCC1.